The number of hydrogen-bond acceptors (Lipinski definition) is 7. The molecule has 1 saturated heterocycles. The number of aromatic nitrogens is 4. The number of thioether (sulfide) groups is 1. The maximum Gasteiger partial charge on any atom is 0.277 e. The van der Waals surface area contributed by atoms with Crippen LogP contribution >= 0.6 is 11.8 Å². The van der Waals surface area contributed by atoms with Crippen molar-refractivity contribution in [2.75, 3.05) is 13.1 Å². The minimum atomic E-state index is -0.498. The Kier molecular flexibility index (Phi) is 10.8. The molecule has 0 radical (unpaired) electrons. The summed E-state index contributed by atoms with van der Waals surface area (Å²) in [6.07, 6.45) is 12.3. The zero-order valence-corrected chi connectivity index (χ0v) is 23.5. The average Bonchev–Trinajstić information content (AvgIpc) is 3.46. The molecule has 1 aliphatic rings. The van der Waals surface area contributed by atoms with E-state index >= 15 is 0 Å². The largest absolute Gasteiger partial charge is 0.354 e. The van der Waals surface area contributed by atoms with Gasteiger partial charge < -0.3 is 14.8 Å². The molecule has 40 heavy (non-hydrogen) atoms. The molecule has 4 rings (SSSR count). The number of rotatable bonds is 13. The molecule has 1 aliphatic heterocycles. The van der Waals surface area contributed by atoms with E-state index in [-0.39, 0.29) is 30.6 Å². The third-order valence-corrected chi connectivity index (χ3v) is 7.89. The van der Waals surface area contributed by atoms with E-state index in [4.69, 9.17) is 0 Å². The zero-order valence-electron chi connectivity index (χ0n) is 22.7. The van der Waals surface area contributed by atoms with Gasteiger partial charge in [-0.1, -0.05) is 50.1 Å². The number of nitrogens with zero attached hydrogens (tertiary/aromatic N) is 5. The van der Waals surface area contributed by atoms with E-state index in [1.165, 1.54) is 30.2 Å². The summed E-state index contributed by atoms with van der Waals surface area (Å²) in [5.41, 5.74) is 1.63. The fourth-order valence-corrected chi connectivity index (χ4v) is 5.62. The minimum Gasteiger partial charge on any atom is -0.354 e. The van der Waals surface area contributed by atoms with Crippen LogP contribution < -0.4 is 10.9 Å². The van der Waals surface area contributed by atoms with E-state index in [0.717, 1.165) is 43.2 Å². The Hall–Kier alpha value is -3.60. The highest BCUT2D eigenvalue weighted by atomic mass is 32.2. The van der Waals surface area contributed by atoms with Gasteiger partial charge in [0.2, 0.25) is 11.8 Å². The molecule has 1 unspecified atom stereocenters. The summed E-state index contributed by atoms with van der Waals surface area (Å²) < 4.78 is 15.0. The fraction of sp³-hybridized carbons (Fsp3) is 0.448. The zero-order chi connectivity index (χ0) is 28.3. The van der Waals surface area contributed by atoms with Gasteiger partial charge in [0, 0.05) is 49.4 Å². The molecule has 2 aromatic heterocycles. The maximum absolute atomic E-state index is 13.5. The van der Waals surface area contributed by atoms with Crippen molar-refractivity contribution >= 4 is 23.6 Å². The number of likely N-dealkylation sites (tertiary alicyclic amines) is 1. The summed E-state index contributed by atoms with van der Waals surface area (Å²) in [7, 11) is 0. The standard InChI is InChI=1S/C29H35FN6O3S/c1-2-3-4-5-12-33-28(39)25-7-6-13-36(25)26(37)18-35-17-23(14-22-15-31-20-32-16-22)27(38)34-29(35)40-19-21-8-10-24(30)11-9-21/h8-11,15-17,20,25H,2-7,12-14,18-19H2,1H3,(H,33,39). The van der Waals surface area contributed by atoms with Gasteiger partial charge in [0.15, 0.2) is 5.16 Å². The lowest BCUT2D eigenvalue weighted by molar-refractivity contribution is -0.139. The number of hydrogen-bond donors (Lipinski definition) is 1. The van der Waals surface area contributed by atoms with Crippen molar-refractivity contribution in [3.05, 3.63) is 82.0 Å². The van der Waals surface area contributed by atoms with E-state index < -0.39 is 11.6 Å². The molecule has 1 atom stereocenters. The molecule has 3 aromatic rings. The third kappa shape index (κ3) is 8.20. The van der Waals surface area contributed by atoms with Gasteiger partial charge in [-0.05, 0) is 42.5 Å². The highest BCUT2D eigenvalue weighted by Gasteiger charge is 2.34. The summed E-state index contributed by atoms with van der Waals surface area (Å²) in [6, 6.07) is 5.62. The van der Waals surface area contributed by atoms with Gasteiger partial charge in [0.1, 0.15) is 24.7 Å². The lowest BCUT2D eigenvalue weighted by Gasteiger charge is -2.25. The first-order valence-electron chi connectivity index (χ1n) is 13.7. The lowest BCUT2D eigenvalue weighted by atomic mass is 10.1. The number of halogens is 1. The van der Waals surface area contributed by atoms with Crippen LogP contribution in [0.1, 0.15) is 62.1 Å². The Morgan fingerprint density at radius 1 is 1.10 bits per heavy atom. The summed E-state index contributed by atoms with van der Waals surface area (Å²) >= 11 is 1.30. The third-order valence-electron chi connectivity index (χ3n) is 6.83. The topological polar surface area (TPSA) is 110 Å². The predicted octanol–water partition coefficient (Wildman–Crippen LogP) is 3.74. The Labute approximate surface area is 237 Å². The molecule has 0 bridgehead atoms. The van der Waals surface area contributed by atoms with Crippen LogP contribution in [-0.2, 0) is 28.3 Å². The van der Waals surface area contributed by atoms with Crippen molar-refractivity contribution in [1.29, 1.82) is 0 Å². The number of benzene rings is 1. The van der Waals surface area contributed by atoms with Crippen LogP contribution in [0.2, 0.25) is 0 Å². The van der Waals surface area contributed by atoms with E-state index in [1.807, 2.05) is 0 Å². The number of nitrogens with one attached hydrogen (secondary N) is 1. The van der Waals surface area contributed by atoms with Crippen LogP contribution in [0.4, 0.5) is 4.39 Å². The molecule has 3 heterocycles. The lowest BCUT2D eigenvalue weighted by Crippen LogP contribution is -2.47. The van der Waals surface area contributed by atoms with Gasteiger partial charge in [0.25, 0.3) is 5.56 Å². The highest BCUT2D eigenvalue weighted by Crippen LogP contribution is 2.23. The van der Waals surface area contributed by atoms with Crippen molar-refractivity contribution in [2.24, 2.45) is 0 Å². The first-order valence-corrected chi connectivity index (χ1v) is 14.7. The van der Waals surface area contributed by atoms with Crippen LogP contribution in [0.3, 0.4) is 0 Å². The number of amides is 2. The van der Waals surface area contributed by atoms with Crippen LogP contribution in [0.25, 0.3) is 0 Å². The van der Waals surface area contributed by atoms with Crippen LogP contribution in [0.15, 0.2) is 59.1 Å². The van der Waals surface area contributed by atoms with E-state index in [0.29, 0.717) is 36.0 Å². The normalized spacial score (nSPS) is 14.8. The van der Waals surface area contributed by atoms with Gasteiger partial charge in [0.05, 0.1) is 0 Å². The Balaban J connectivity index is 1.51. The molecule has 212 valence electrons. The van der Waals surface area contributed by atoms with Crippen molar-refractivity contribution in [3.8, 4) is 0 Å². The van der Waals surface area contributed by atoms with E-state index in [9.17, 15) is 18.8 Å². The summed E-state index contributed by atoms with van der Waals surface area (Å²) in [6.45, 7) is 3.20. The number of unbranched alkanes of at least 4 members (excludes halogenated alkanes) is 3. The van der Waals surface area contributed by atoms with Crippen molar-refractivity contribution in [2.45, 2.75) is 75.4 Å². The molecule has 0 saturated carbocycles. The molecule has 1 N–H and O–H groups in total. The van der Waals surface area contributed by atoms with E-state index in [1.54, 1.807) is 40.2 Å². The molecular weight excluding hydrogens is 531 g/mol. The Morgan fingerprint density at radius 3 is 2.62 bits per heavy atom. The first kappa shape index (κ1) is 29.4. The molecule has 9 nitrogen and oxygen atoms in total. The van der Waals surface area contributed by atoms with Crippen LogP contribution in [0.5, 0.6) is 0 Å². The minimum absolute atomic E-state index is 0.0579. The van der Waals surface area contributed by atoms with Gasteiger partial charge >= 0.3 is 0 Å². The quantitative estimate of drug-likeness (QED) is 0.191. The predicted molar refractivity (Wildman–Crippen MR) is 151 cm³/mol. The smallest absolute Gasteiger partial charge is 0.277 e. The van der Waals surface area contributed by atoms with Crippen LogP contribution in [-0.4, -0.2) is 55.4 Å². The SMILES string of the molecule is CCCCCCNC(=O)C1CCCN1C(=O)Cn1cc(Cc2cncnc2)c(=O)nc1SCc1ccc(F)cc1. The highest BCUT2D eigenvalue weighted by molar-refractivity contribution is 7.98. The summed E-state index contributed by atoms with van der Waals surface area (Å²) in [5, 5.41) is 3.38. The van der Waals surface area contributed by atoms with Crippen molar-refractivity contribution in [1.82, 2.24) is 29.7 Å². The van der Waals surface area contributed by atoms with Gasteiger partial charge in [-0.2, -0.15) is 4.98 Å². The molecule has 0 aliphatic carbocycles. The molecule has 2 amide bonds. The molecular formula is C29H35FN6O3S. The second-order valence-corrected chi connectivity index (χ2v) is 10.9. The summed E-state index contributed by atoms with van der Waals surface area (Å²) in [4.78, 5) is 53.3. The average molecular weight is 567 g/mol. The number of carbonyl (C=O) groups excluding carboxylic acids is 2. The first-order chi connectivity index (χ1) is 19.4. The number of carbonyl (C=O) groups is 2. The Morgan fingerprint density at radius 2 is 1.88 bits per heavy atom. The van der Waals surface area contributed by atoms with Crippen LogP contribution in [0, 0.1) is 5.82 Å². The molecule has 1 aromatic carbocycles. The summed E-state index contributed by atoms with van der Waals surface area (Å²) in [5.74, 6) is -0.198. The van der Waals surface area contributed by atoms with Gasteiger partial charge in [-0.25, -0.2) is 14.4 Å². The van der Waals surface area contributed by atoms with Crippen molar-refractivity contribution in [3.63, 3.8) is 0 Å². The molecule has 0 spiro atoms. The molecule has 11 heteroatoms. The second-order valence-electron chi connectivity index (χ2n) is 9.92. The van der Waals surface area contributed by atoms with Crippen molar-refractivity contribution < 1.29 is 14.0 Å². The maximum atomic E-state index is 13.5. The van der Waals surface area contributed by atoms with Gasteiger partial charge in [-0.3, -0.25) is 14.4 Å². The second kappa shape index (κ2) is 14.7. The fourth-order valence-electron chi connectivity index (χ4n) is 4.70. The Bertz CT molecular complexity index is 1340. The molecule has 1 fully saturated rings. The monoisotopic (exact) mass is 566 g/mol. The van der Waals surface area contributed by atoms with E-state index in [2.05, 4.69) is 27.2 Å². The van der Waals surface area contributed by atoms with Gasteiger partial charge in [-0.15, -0.1) is 0 Å².